The lowest BCUT2D eigenvalue weighted by Crippen LogP contribution is -2.48. The number of benzene rings is 2. The molecule has 2 aliphatic heterocycles. The highest BCUT2D eigenvalue weighted by Gasteiger charge is 2.22. The van der Waals surface area contributed by atoms with Gasteiger partial charge in [-0.25, -0.2) is 4.79 Å². The average Bonchev–Trinajstić information content (AvgIpc) is 2.82. The first-order valence-electron chi connectivity index (χ1n) is 11.2. The number of nitrogens with zero attached hydrogens (tertiary/aromatic N) is 2. The Labute approximate surface area is 194 Å². The van der Waals surface area contributed by atoms with Gasteiger partial charge in [0, 0.05) is 43.4 Å². The molecule has 7 nitrogen and oxygen atoms in total. The van der Waals surface area contributed by atoms with E-state index in [1.54, 1.807) is 7.11 Å². The maximum absolute atomic E-state index is 12.3. The second-order valence-corrected chi connectivity index (χ2v) is 8.68. The van der Waals surface area contributed by atoms with Crippen LogP contribution in [0.3, 0.4) is 0 Å². The number of methoxy groups -OCH3 is 1. The number of carbonyl (C=O) groups excluding carboxylic acids is 1. The highest BCUT2D eigenvalue weighted by atomic mass is 35.5. The van der Waals surface area contributed by atoms with Crippen LogP contribution in [-0.2, 0) is 6.42 Å². The maximum Gasteiger partial charge on any atom is 0.315 e. The van der Waals surface area contributed by atoms with Gasteiger partial charge in [0.15, 0.2) is 0 Å². The summed E-state index contributed by atoms with van der Waals surface area (Å²) in [7, 11) is 1.65. The summed E-state index contributed by atoms with van der Waals surface area (Å²) < 4.78 is 11.1. The Morgan fingerprint density at radius 2 is 2.03 bits per heavy atom. The first kappa shape index (κ1) is 22.6. The lowest BCUT2D eigenvalue weighted by molar-refractivity contribution is 0.213. The molecule has 4 rings (SSSR count). The molecule has 1 unspecified atom stereocenters. The molecule has 172 valence electrons. The number of ether oxygens (including phenoxy) is 2. The van der Waals surface area contributed by atoms with Gasteiger partial charge in [-0.05, 0) is 61.3 Å². The summed E-state index contributed by atoms with van der Waals surface area (Å²) >= 11 is 6.11. The maximum atomic E-state index is 12.3. The first-order valence-corrected chi connectivity index (χ1v) is 11.6. The summed E-state index contributed by atoms with van der Waals surface area (Å²) in [5.41, 5.74) is 2.24. The van der Waals surface area contributed by atoms with Gasteiger partial charge >= 0.3 is 6.03 Å². The van der Waals surface area contributed by atoms with E-state index >= 15 is 0 Å². The predicted molar refractivity (Wildman–Crippen MR) is 127 cm³/mol. The molecular weight excluding hydrogens is 428 g/mol. The van der Waals surface area contributed by atoms with Crippen LogP contribution in [-0.4, -0.2) is 70.0 Å². The van der Waals surface area contributed by atoms with Crippen LogP contribution in [0.2, 0.25) is 5.02 Å². The van der Waals surface area contributed by atoms with Gasteiger partial charge in [-0.2, -0.15) is 0 Å². The number of piperazine rings is 1. The molecule has 0 bridgehead atoms. The van der Waals surface area contributed by atoms with Gasteiger partial charge < -0.3 is 25.0 Å². The van der Waals surface area contributed by atoms with Crippen LogP contribution in [0.1, 0.15) is 12.0 Å². The minimum absolute atomic E-state index is 0.0471. The van der Waals surface area contributed by atoms with Crippen LogP contribution in [0.4, 0.5) is 10.5 Å². The quantitative estimate of drug-likeness (QED) is 0.624. The fraction of sp³-hybridized carbons (Fsp3) is 0.458. The molecule has 0 aliphatic carbocycles. The normalized spacial score (nSPS) is 18.4. The zero-order chi connectivity index (χ0) is 22.3. The molecule has 1 saturated heterocycles. The van der Waals surface area contributed by atoms with Crippen LogP contribution in [0.5, 0.6) is 11.5 Å². The van der Waals surface area contributed by atoms with E-state index in [0.29, 0.717) is 13.2 Å². The summed E-state index contributed by atoms with van der Waals surface area (Å²) in [6.07, 6.45) is 1.66. The SMILES string of the molecule is COc1ccc2c(c1)CC(NC(=O)NCCCN1CCN(c3cccc(Cl)c3)CC1)CO2. The molecule has 1 atom stereocenters. The number of halogens is 1. The molecule has 2 aliphatic rings. The van der Waals surface area contributed by atoms with Crippen molar-refractivity contribution in [2.75, 3.05) is 57.9 Å². The number of fused-ring (bicyclic) bond motifs is 1. The van der Waals surface area contributed by atoms with Gasteiger partial charge in [0.2, 0.25) is 0 Å². The van der Waals surface area contributed by atoms with Crippen molar-refractivity contribution >= 4 is 23.3 Å². The second-order valence-electron chi connectivity index (χ2n) is 8.25. The van der Waals surface area contributed by atoms with Gasteiger partial charge in [-0.1, -0.05) is 17.7 Å². The number of hydrogen-bond acceptors (Lipinski definition) is 5. The minimum Gasteiger partial charge on any atom is -0.497 e. The Balaban J connectivity index is 1.12. The van der Waals surface area contributed by atoms with Crippen molar-refractivity contribution in [2.24, 2.45) is 0 Å². The smallest absolute Gasteiger partial charge is 0.315 e. The number of urea groups is 1. The third kappa shape index (κ3) is 5.99. The summed E-state index contributed by atoms with van der Waals surface area (Å²) in [5, 5.41) is 6.77. The largest absolute Gasteiger partial charge is 0.497 e. The topological polar surface area (TPSA) is 66.1 Å². The fourth-order valence-electron chi connectivity index (χ4n) is 4.23. The van der Waals surface area contributed by atoms with Crippen LogP contribution in [0.25, 0.3) is 0 Å². The third-order valence-corrected chi connectivity index (χ3v) is 6.23. The molecule has 0 spiro atoms. The minimum atomic E-state index is -0.143. The Hall–Kier alpha value is -2.64. The highest BCUT2D eigenvalue weighted by molar-refractivity contribution is 6.30. The molecule has 0 aromatic heterocycles. The number of nitrogens with one attached hydrogen (secondary N) is 2. The monoisotopic (exact) mass is 458 g/mol. The molecule has 0 saturated carbocycles. The molecule has 0 radical (unpaired) electrons. The summed E-state index contributed by atoms with van der Waals surface area (Å²) in [6, 6.07) is 13.6. The van der Waals surface area contributed by atoms with Crippen LogP contribution < -0.4 is 25.0 Å². The van der Waals surface area contributed by atoms with E-state index < -0.39 is 0 Å². The standard InChI is InChI=1S/C24H31ClN4O3/c1-31-22-6-7-23-18(15-22)14-20(17-32-23)27-24(30)26-8-3-9-28-10-12-29(13-11-28)21-5-2-4-19(25)16-21/h2,4-7,15-16,20H,3,8-14,17H2,1H3,(H2,26,27,30). The molecule has 1 fully saturated rings. The van der Waals surface area contributed by atoms with E-state index in [1.807, 2.05) is 36.4 Å². The van der Waals surface area contributed by atoms with Crippen molar-refractivity contribution in [1.82, 2.24) is 15.5 Å². The number of anilines is 1. The van der Waals surface area contributed by atoms with E-state index in [1.165, 1.54) is 5.69 Å². The predicted octanol–water partition coefficient (Wildman–Crippen LogP) is 3.16. The van der Waals surface area contributed by atoms with Gasteiger partial charge in [-0.15, -0.1) is 0 Å². The molecule has 2 heterocycles. The van der Waals surface area contributed by atoms with Crippen LogP contribution in [0, 0.1) is 0 Å². The Kier molecular flexibility index (Phi) is 7.60. The molecule has 2 amide bonds. The van der Waals surface area contributed by atoms with Crippen molar-refractivity contribution in [1.29, 1.82) is 0 Å². The number of hydrogen-bond donors (Lipinski definition) is 2. The molecular formula is C24H31ClN4O3. The molecule has 8 heteroatoms. The zero-order valence-electron chi connectivity index (χ0n) is 18.5. The number of rotatable bonds is 7. The summed E-state index contributed by atoms with van der Waals surface area (Å²) in [5.74, 6) is 1.66. The van der Waals surface area contributed by atoms with Crippen molar-refractivity contribution in [3.05, 3.63) is 53.1 Å². The fourth-order valence-corrected chi connectivity index (χ4v) is 4.42. The summed E-state index contributed by atoms with van der Waals surface area (Å²) in [4.78, 5) is 17.1. The molecule has 2 aromatic carbocycles. The number of carbonyl (C=O) groups is 1. The third-order valence-electron chi connectivity index (χ3n) is 5.99. The number of amides is 2. The van der Waals surface area contributed by atoms with E-state index in [0.717, 1.165) is 67.7 Å². The van der Waals surface area contributed by atoms with Crippen molar-refractivity contribution in [3.8, 4) is 11.5 Å². The Morgan fingerprint density at radius 1 is 1.19 bits per heavy atom. The van der Waals surface area contributed by atoms with Gasteiger partial charge in [0.05, 0.1) is 13.2 Å². The van der Waals surface area contributed by atoms with E-state index in [2.05, 4.69) is 26.5 Å². The van der Waals surface area contributed by atoms with Crippen LogP contribution >= 0.6 is 11.6 Å². The van der Waals surface area contributed by atoms with Gasteiger partial charge in [0.25, 0.3) is 0 Å². The zero-order valence-corrected chi connectivity index (χ0v) is 19.2. The first-order chi connectivity index (χ1) is 15.6. The van der Waals surface area contributed by atoms with Crippen molar-refractivity contribution in [3.63, 3.8) is 0 Å². The van der Waals surface area contributed by atoms with Gasteiger partial charge in [-0.3, -0.25) is 4.90 Å². The lowest BCUT2D eigenvalue weighted by atomic mass is 10.0. The Morgan fingerprint density at radius 3 is 2.81 bits per heavy atom. The Bertz CT molecular complexity index is 918. The molecule has 2 aromatic rings. The molecule has 32 heavy (non-hydrogen) atoms. The lowest BCUT2D eigenvalue weighted by Gasteiger charge is -2.36. The van der Waals surface area contributed by atoms with Crippen molar-refractivity contribution < 1.29 is 14.3 Å². The van der Waals surface area contributed by atoms with E-state index in [4.69, 9.17) is 21.1 Å². The second kappa shape index (κ2) is 10.8. The molecule has 2 N–H and O–H groups in total. The summed E-state index contributed by atoms with van der Waals surface area (Å²) in [6.45, 7) is 6.11. The van der Waals surface area contributed by atoms with E-state index in [-0.39, 0.29) is 12.1 Å². The highest BCUT2D eigenvalue weighted by Crippen LogP contribution is 2.28. The average molecular weight is 459 g/mol. The van der Waals surface area contributed by atoms with Crippen LogP contribution in [0.15, 0.2) is 42.5 Å². The van der Waals surface area contributed by atoms with E-state index in [9.17, 15) is 4.79 Å². The van der Waals surface area contributed by atoms with Gasteiger partial charge in [0.1, 0.15) is 18.1 Å². The van der Waals surface area contributed by atoms with Crippen molar-refractivity contribution in [2.45, 2.75) is 18.9 Å².